The van der Waals surface area contributed by atoms with Crippen molar-refractivity contribution in [3.05, 3.63) is 45.4 Å². The highest BCUT2D eigenvalue weighted by Crippen LogP contribution is 2.27. The SMILES string of the molecule is CC[C@@H](Sc1nc2cc(Cl)ccc2c(=O)n1CCC(C)C)C(=O)Nc1cc(C)on1. The van der Waals surface area contributed by atoms with Gasteiger partial charge in [-0.25, -0.2) is 4.98 Å². The summed E-state index contributed by atoms with van der Waals surface area (Å²) >= 11 is 7.38. The minimum Gasteiger partial charge on any atom is -0.360 e. The molecule has 0 aliphatic heterocycles. The first kappa shape index (κ1) is 22.4. The molecular weight excluding hydrogens is 424 g/mol. The van der Waals surface area contributed by atoms with Gasteiger partial charge in [0.15, 0.2) is 11.0 Å². The lowest BCUT2D eigenvalue weighted by molar-refractivity contribution is -0.115. The topological polar surface area (TPSA) is 90.0 Å². The van der Waals surface area contributed by atoms with Crippen molar-refractivity contribution >= 4 is 46.0 Å². The maximum atomic E-state index is 13.2. The van der Waals surface area contributed by atoms with Gasteiger partial charge in [-0.2, -0.15) is 0 Å². The van der Waals surface area contributed by atoms with Crippen LogP contribution in [-0.4, -0.2) is 25.9 Å². The summed E-state index contributed by atoms with van der Waals surface area (Å²) in [7, 11) is 0. The number of fused-ring (bicyclic) bond motifs is 1. The number of rotatable bonds is 8. The first-order valence-corrected chi connectivity index (χ1v) is 11.1. The molecule has 2 aromatic heterocycles. The molecule has 3 rings (SSSR count). The number of thioether (sulfide) groups is 1. The maximum Gasteiger partial charge on any atom is 0.262 e. The van der Waals surface area contributed by atoms with E-state index < -0.39 is 5.25 Å². The van der Waals surface area contributed by atoms with Crippen LogP contribution in [0.4, 0.5) is 5.82 Å². The van der Waals surface area contributed by atoms with Gasteiger partial charge in [-0.05, 0) is 43.9 Å². The average Bonchev–Trinajstić information content (AvgIpc) is 3.09. The van der Waals surface area contributed by atoms with E-state index in [0.29, 0.717) is 51.5 Å². The molecule has 2 heterocycles. The first-order chi connectivity index (χ1) is 14.3. The van der Waals surface area contributed by atoms with Crippen LogP contribution in [0.15, 0.2) is 38.7 Å². The minimum atomic E-state index is -0.448. The van der Waals surface area contributed by atoms with Crippen LogP contribution < -0.4 is 10.9 Å². The Kier molecular flexibility index (Phi) is 7.20. The normalized spacial score (nSPS) is 12.5. The lowest BCUT2D eigenvalue weighted by Crippen LogP contribution is -2.28. The average molecular weight is 449 g/mol. The van der Waals surface area contributed by atoms with Crippen LogP contribution in [0.5, 0.6) is 0 Å². The number of halogens is 1. The van der Waals surface area contributed by atoms with Crippen LogP contribution in [0.3, 0.4) is 0 Å². The summed E-state index contributed by atoms with van der Waals surface area (Å²) in [5.41, 5.74) is 0.403. The van der Waals surface area contributed by atoms with Gasteiger partial charge in [-0.15, -0.1) is 0 Å². The number of hydrogen-bond acceptors (Lipinski definition) is 6. The van der Waals surface area contributed by atoms with Crippen LogP contribution in [0.2, 0.25) is 5.02 Å². The van der Waals surface area contributed by atoms with Crippen LogP contribution in [-0.2, 0) is 11.3 Å². The molecule has 1 atom stereocenters. The van der Waals surface area contributed by atoms with Crippen molar-refractivity contribution in [3.63, 3.8) is 0 Å². The van der Waals surface area contributed by atoms with Crippen molar-refractivity contribution in [2.75, 3.05) is 5.32 Å². The Hall–Kier alpha value is -2.32. The highest BCUT2D eigenvalue weighted by Gasteiger charge is 2.23. The number of hydrogen-bond donors (Lipinski definition) is 1. The molecule has 0 spiro atoms. The summed E-state index contributed by atoms with van der Waals surface area (Å²) in [4.78, 5) is 30.6. The molecule has 0 bridgehead atoms. The number of aromatic nitrogens is 3. The molecule has 0 fully saturated rings. The molecule has 0 aliphatic rings. The van der Waals surface area contributed by atoms with Crippen molar-refractivity contribution in [1.82, 2.24) is 14.7 Å². The van der Waals surface area contributed by atoms with Crippen LogP contribution in [0.1, 0.15) is 39.4 Å². The van der Waals surface area contributed by atoms with E-state index in [2.05, 4.69) is 29.3 Å². The van der Waals surface area contributed by atoms with Crippen LogP contribution in [0, 0.1) is 12.8 Å². The van der Waals surface area contributed by atoms with E-state index in [4.69, 9.17) is 16.1 Å². The van der Waals surface area contributed by atoms with Gasteiger partial charge in [-0.3, -0.25) is 14.2 Å². The largest absolute Gasteiger partial charge is 0.360 e. The predicted octanol–water partition coefficient (Wildman–Crippen LogP) is 4.90. The Balaban J connectivity index is 1.95. The van der Waals surface area contributed by atoms with Crippen molar-refractivity contribution in [2.45, 2.75) is 57.5 Å². The third kappa shape index (κ3) is 5.23. The van der Waals surface area contributed by atoms with E-state index in [-0.39, 0.29) is 11.5 Å². The number of aryl methyl sites for hydroxylation is 1. The second kappa shape index (κ2) is 9.66. The number of nitrogens with zero attached hydrogens (tertiary/aromatic N) is 3. The van der Waals surface area contributed by atoms with Gasteiger partial charge in [0.2, 0.25) is 5.91 Å². The number of carbonyl (C=O) groups is 1. The summed E-state index contributed by atoms with van der Waals surface area (Å²) in [6, 6.07) is 6.72. The fraction of sp³-hybridized carbons (Fsp3) is 0.429. The summed E-state index contributed by atoms with van der Waals surface area (Å²) in [6.07, 6.45) is 1.39. The number of benzene rings is 1. The molecule has 3 aromatic rings. The highest BCUT2D eigenvalue weighted by atomic mass is 35.5. The molecular formula is C21H25ClN4O3S. The first-order valence-electron chi connectivity index (χ1n) is 9.89. The Bertz CT molecular complexity index is 1110. The third-order valence-corrected chi connectivity index (χ3v) is 6.19. The third-order valence-electron chi connectivity index (χ3n) is 4.60. The summed E-state index contributed by atoms with van der Waals surface area (Å²) in [6.45, 7) is 8.42. The summed E-state index contributed by atoms with van der Waals surface area (Å²) < 4.78 is 6.67. The smallest absolute Gasteiger partial charge is 0.262 e. The number of carbonyl (C=O) groups excluding carboxylic acids is 1. The molecule has 9 heteroatoms. The Morgan fingerprint density at radius 1 is 1.33 bits per heavy atom. The molecule has 0 aliphatic carbocycles. The second-order valence-corrected chi connectivity index (χ2v) is 9.13. The fourth-order valence-electron chi connectivity index (χ4n) is 2.93. The monoisotopic (exact) mass is 448 g/mol. The molecule has 30 heavy (non-hydrogen) atoms. The van der Waals surface area contributed by atoms with Gasteiger partial charge in [0.05, 0.1) is 16.2 Å². The number of anilines is 1. The standard InChI is InChI=1S/C21H25ClN4O3S/c1-5-17(19(27)24-18-10-13(4)29-25-18)30-21-23-16-11-14(22)6-7-15(16)20(28)26(21)9-8-12(2)3/h6-7,10-12,17H,5,8-9H2,1-4H3,(H,24,25,27)/t17-/m1/s1. The zero-order chi connectivity index (χ0) is 21.8. The molecule has 1 N–H and O–H groups in total. The van der Waals surface area contributed by atoms with Gasteiger partial charge in [0.25, 0.3) is 5.56 Å². The van der Waals surface area contributed by atoms with E-state index in [1.165, 1.54) is 11.8 Å². The van der Waals surface area contributed by atoms with Gasteiger partial charge < -0.3 is 9.84 Å². The Morgan fingerprint density at radius 3 is 2.73 bits per heavy atom. The van der Waals surface area contributed by atoms with Gasteiger partial charge in [0, 0.05) is 17.6 Å². The van der Waals surface area contributed by atoms with Crippen LogP contribution >= 0.6 is 23.4 Å². The Labute approximate surface area is 184 Å². The molecule has 1 amide bonds. The van der Waals surface area contributed by atoms with Gasteiger partial charge in [-0.1, -0.05) is 49.3 Å². The summed E-state index contributed by atoms with van der Waals surface area (Å²) in [5, 5.41) is 7.66. The van der Waals surface area contributed by atoms with E-state index in [1.807, 2.05) is 6.92 Å². The lowest BCUT2D eigenvalue weighted by Gasteiger charge is -2.18. The minimum absolute atomic E-state index is 0.123. The van der Waals surface area contributed by atoms with Crippen molar-refractivity contribution < 1.29 is 9.32 Å². The zero-order valence-corrected chi connectivity index (χ0v) is 19.0. The lowest BCUT2D eigenvalue weighted by atomic mass is 10.1. The van der Waals surface area contributed by atoms with E-state index >= 15 is 0 Å². The molecule has 160 valence electrons. The Morgan fingerprint density at radius 2 is 2.10 bits per heavy atom. The highest BCUT2D eigenvalue weighted by molar-refractivity contribution is 8.00. The second-order valence-electron chi connectivity index (χ2n) is 7.52. The molecule has 1 aromatic carbocycles. The summed E-state index contributed by atoms with van der Waals surface area (Å²) in [5.74, 6) is 1.19. The fourth-order valence-corrected chi connectivity index (χ4v) is 4.14. The molecule has 0 unspecified atom stereocenters. The predicted molar refractivity (Wildman–Crippen MR) is 120 cm³/mol. The van der Waals surface area contributed by atoms with E-state index in [1.54, 1.807) is 35.8 Å². The van der Waals surface area contributed by atoms with Crippen molar-refractivity contribution in [1.29, 1.82) is 0 Å². The molecule has 0 saturated carbocycles. The maximum absolute atomic E-state index is 13.2. The molecule has 0 saturated heterocycles. The van der Waals surface area contributed by atoms with Crippen molar-refractivity contribution in [3.8, 4) is 0 Å². The van der Waals surface area contributed by atoms with Gasteiger partial charge >= 0.3 is 0 Å². The van der Waals surface area contributed by atoms with E-state index in [0.717, 1.165) is 6.42 Å². The quantitative estimate of drug-likeness (QED) is 0.389. The van der Waals surface area contributed by atoms with E-state index in [9.17, 15) is 9.59 Å². The zero-order valence-electron chi connectivity index (χ0n) is 17.4. The molecule has 7 nitrogen and oxygen atoms in total. The number of amides is 1. The van der Waals surface area contributed by atoms with Crippen molar-refractivity contribution in [2.24, 2.45) is 5.92 Å². The number of nitrogens with one attached hydrogen (secondary N) is 1. The molecule has 0 radical (unpaired) electrons. The van der Waals surface area contributed by atoms with Gasteiger partial charge in [0.1, 0.15) is 5.76 Å². The van der Waals surface area contributed by atoms with Crippen LogP contribution in [0.25, 0.3) is 10.9 Å².